The van der Waals surface area contributed by atoms with E-state index in [0.29, 0.717) is 0 Å². The van der Waals surface area contributed by atoms with Crippen LogP contribution in [0.3, 0.4) is 0 Å². The molecule has 0 unspecified atom stereocenters. The number of halogens is 4. The lowest BCUT2D eigenvalue weighted by atomic mass is 10.3. The van der Waals surface area contributed by atoms with Crippen molar-refractivity contribution in [2.45, 2.75) is 6.43 Å². The normalized spacial score (nSPS) is 10.6. The molecule has 72 valence electrons. The minimum absolute atomic E-state index is 0.221. The van der Waals surface area contributed by atoms with E-state index in [9.17, 15) is 13.2 Å². The first-order valence-electron chi connectivity index (χ1n) is 3.24. The molecule has 13 heavy (non-hydrogen) atoms. The van der Waals surface area contributed by atoms with E-state index in [1.54, 1.807) is 0 Å². The first-order valence-corrected chi connectivity index (χ1v) is 3.62. The predicted molar refractivity (Wildman–Crippen MR) is 40.7 cm³/mol. The zero-order valence-electron chi connectivity index (χ0n) is 6.52. The molecular weight excluding hydrogens is 207 g/mol. The van der Waals surface area contributed by atoms with Crippen LogP contribution in [-0.4, -0.2) is 12.1 Å². The fourth-order valence-corrected chi connectivity index (χ4v) is 0.924. The zero-order chi connectivity index (χ0) is 10.0. The lowest BCUT2D eigenvalue weighted by molar-refractivity contribution is 0.140. The highest BCUT2D eigenvalue weighted by Gasteiger charge is 2.18. The zero-order valence-corrected chi connectivity index (χ0v) is 7.28. The van der Waals surface area contributed by atoms with E-state index in [1.807, 2.05) is 0 Å². The summed E-state index contributed by atoms with van der Waals surface area (Å²) in [5.41, 5.74) is -0.746. The van der Waals surface area contributed by atoms with Crippen molar-refractivity contribution in [3.05, 3.63) is 22.7 Å². The number of rotatable bonds is 2. The summed E-state index contributed by atoms with van der Waals surface area (Å²) in [5.74, 6) is -1.35. The molecule has 0 N–H and O–H groups in total. The molecule has 0 saturated carbocycles. The van der Waals surface area contributed by atoms with Gasteiger partial charge in [-0.3, -0.25) is 0 Å². The van der Waals surface area contributed by atoms with Gasteiger partial charge in [0.15, 0.2) is 5.69 Å². The van der Waals surface area contributed by atoms with Crippen LogP contribution < -0.4 is 4.74 Å². The largest absolute Gasteiger partial charge is 0.495 e. The second kappa shape index (κ2) is 3.83. The Morgan fingerprint density at radius 3 is 2.62 bits per heavy atom. The standard InChI is InChI=1S/C7H5ClF3NO/c1-13-4-2-3(8)7(11)12-5(4)6(9)10/h2,6H,1H3. The van der Waals surface area contributed by atoms with Gasteiger partial charge in [0.2, 0.25) is 5.95 Å². The third kappa shape index (κ3) is 2.03. The quantitative estimate of drug-likeness (QED) is 0.702. The number of pyridine rings is 1. The Labute approximate surface area is 77.3 Å². The van der Waals surface area contributed by atoms with Gasteiger partial charge in [-0.2, -0.15) is 4.39 Å². The number of ether oxygens (including phenoxy) is 1. The summed E-state index contributed by atoms with van der Waals surface area (Å²) in [6.45, 7) is 0. The van der Waals surface area contributed by atoms with Crippen molar-refractivity contribution in [2.24, 2.45) is 0 Å². The third-order valence-electron chi connectivity index (χ3n) is 1.35. The summed E-state index contributed by atoms with van der Waals surface area (Å²) in [7, 11) is 1.18. The van der Waals surface area contributed by atoms with Gasteiger partial charge in [-0.05, 0) is 0 Å². The van der Waals surface area contributed by atoms with Crippen molar-refractivity contribution in [1.29, 1.82) is 0 Å². The molecule has 0 amide bonds. The maximum absolute atomic E-state index is 12.6. The lowest BCUT2D eigenvalue weighted by Crippen LogP contribution is -1.99. The Kier molecular flexibility index (Phi) is 2.98. The van der Waals surface area contributed by atoms with Crippen LogP contribution in [0.1, 0.15) is 12.1 Å². The average molecular weight is 212 g/mol. The number of aromatic nitrogens is 1. The minimum atomic E-state index is -2.89. The Hall–Kier alpha value is -0.970. The van der Waals surface area contributed by atoms with E-state index in [2.05, 4.69) is 9.72 Å². The van der Waals surface area contributed by atoms with Crippen LogP contribution in [0, 0.1) is 5.95 Å². The second-order valence-corrected chi connectivity index (χ2v) is 2.56. The van der Waals surface area contributed by atoms with Crippen molar-refractivity contribution in [2.75, 3.05) is 7.11 Å². The van der Waals surface area contributed by atoms with Crippen LogP contribution in [0.5, 0.6) is 5.75 Å². The molecule has 1 aromatic rings. The molecule has 0 aromatic carbocycles. The fraction of sp³-hybridized carbons (Fsp3) is 0.286. The van der Waals surface area contributed by atoms with Crippen molar-refractivity contribution < 1.29 is 17.9 Å². The third-order valence-corrected chi connectivity index (χ3v) is 1.62. The molecule has 0 radical (unpaired) electrons. The highest BCUT2D eigenvalue weighted by Crippen LogP contribution is 2.30. The first-order chi connectivity index (χ1) is 6.06. The van der Waals surface area contributed by atoms with Crippen LogP contribution in [0.2, 0.25) is 5.02 Å². The topological polar surface area (TPSA) is 22.1 Å². The molecule has 0 aliphatic rings. The number of alkyl halides is 2. The molecule has 0 spiro atoms. The molecule has 0 aliphatic heterocycles. The highest BCUT2D eigenvalue weighted by atomic mass is 35.5. The first kappa shape index (κ1) is 10.1. The molecule has 2 nitrogen and oxygen atoms in total. The summed E-state index contributed by atoms with van der Waals surface area (Å²) in [6.07, 6.45) is -2.89. The van der Waals surface area contributed by atoms with E-state index >= 15 is 0 Å². The Balaban J connectivity index is 3.25. The predicted octanol–water partition coefficient (Wildman–Crippen LogP) is 2.82. The number of hydrogen-bond donors (Lipinski definition) is 0. The second-order valence-electron chi connectivity index (χ2n) is 2.15. The van der Waals surface area contributed by atoms with Gasteiger partial charge < -0.3 is 4.74 Å². The van der Waals surface area contributed by atoms with Crippen molar-refractivity contribution >= 4 is 11.6 Å². The monoisotopic (exact) mass is 211 g/mol. The summed E-state index contributed by atoms with van der Waals surface area (Å²) < 4.78 is 41.5. The molecule has 1 heterocycles. The summed E-state index contributed by atoms with van der Waals surface area (Å²) in [5, 5.41) is -0.346. The van der Waals surface area contributed by atoms with Crippen molar-refractivity contribution in [3.63, 3.8) is 0 Å². The molecule has 1 aromatic heterocycles. The molecule has 0 bridgehead atoms. The molecule has 0 fully saturated rings. The van der Waals surface area contributed by atoms with Gasteiger partial charge in [-0.1, -0.05) is 11.6 Å². The summed E-state index contributed by atoms with van der Waals surface area (Å²) in [4.78, 5) is 2.97. The van der Waals surface area contributed by atoms with Gasteiger partial charge in [0.05, 0.1) is 12.1 Å². The van der Waals surface area contributed by atoms with Crippen LogP contribution in [0.4, 0.5) is 13.2 Å². The molecule has 1 rings (SSSR count). The van der Waals surface area contributed by atoms with E-state index < -0.39 is 18.1 Å². The van der Waals surface area contributed by atoms with Crippen molar-refractivity contribution in [3.8, 4) is 5.75 Å². The Morgan fingerprint density at radius 2 is 2.15 bits per heavy atom. The number of methoxy groups -OCH3 is 1. The molecule has 6 heteroatoms. The highest BCUT2D eigenvalue weighted by molar-refractivity contribution is 6.30. The van der Waals surface area contributed by atoms with Gasteiger partial charge >= 0.3 is 0 Å². The van der Waals surface area contributed by atoms with E-state index in [1.165, 1.54) is 7.11 Å². The van der Waals surface area contributed by atoms with Crippen LogP contribution in [0.15, 0.2) is 6.07 Å². The SMILES string of the molecule is COc1cc(Cl)c(F)nc1C(F)F. The summed E-state index contributed by atoms with van der Waals surface area (Å²) in [6, 6.07) is 0.964. The van der Waals surface area contributed by atoms with E-state index in [-0.39, 0.29) is 10.8 Å². The van der Waals surface area contributed by atoms with Gasteiger partial charge in [0, 0.05) is 6.07 Å². The fourth-order valence-electron chi connectivity index (χ4n) is 0.783. The average Bonchev–Trinajstić information content (AvgIpc) is 2.08. The smallest absolute Gasteiger partial charge is 0.284 e. The lowest BCUT2D eigenvalue weighted by Gasteiger charge is -2.06. The summed E-state index contributed by atoms with van der Waals surface area (Å²) >= 11 is 5.31. The maximum Gasteiger partial charge on any atom is 0.284 e. The molecule has 0 atom stereocenters. The van der Waals surface area contributed by atoms with E-state index in [0.717, 1.165) is 6.07 Å². The number of hydrogen-bond acceptors (Lipinski definition) is 2. The van der Waals surface area contributed by atoms with Gasteiger partial charge in [0.25, 0.3) is 6.43 Å². The van der Waals surface area contributed by atoms with Crippen LogP contribution in [0.25, 0.3) is 0 Å². The van der Waals surface area contributed by atoms with Crippen LogP contribution in [-0.2, 0) is 0 Å². The molecule has 0 saturated heterocycles. The molecule has 0 aliphatic carbocycles. The van der Waals surface area contributed by atoms with Gasteiger partial charge in [0.1, 0.15) is 5.75 Å². The number of nitrogens with zero attached hydrogens (tertiary/aromatic N) is 1. The van der Waals surface area contributed by atoms with Crippen LogP contribution >= 0.6 is 11.6 Å². The molecular formula is C7H5ClF3NO. The Morgan fingerprint density at radius 1 is 1.54 bits per heavy atom. The van der Waals surface area contributed by atoms with Crippen molar-refractivity contribution in [1.82, 2.24) is 4.98 Å². The van der Waals surface area contributed by atoms with Gasteiger partial charge in [-0.25, -0.2) is 13.8 Å². The van der Waals surface area contributed by atoms with E-state index in [4.69, 9.17) is 11.6 Å². The van der Waals surface area contributed by atoms with Gasteiger partial charge in [-0.15, -0.1) is 0 Å². The maximum atomic E-state index is 12.6. The Bertz CT molecular complexity index is 319. The minimum Gasteiger partial charge on any atom is -0.495 e.